The lowest BCUT2D eigenvalue weighted by molar-refractivity contribution is -0.143. The van der Waals surface area contributed by atoms with Crippen LogP contribution in [0.5, 0.6) is 0 Å². The summed E-state index contributed by atoms with van der Waals surface area (Å²) in [7, 11) is 0. The van der Waals surface area contributed by atoms with E-state index < -0.39 is 0 Å². The van der Waals surface area contributed by atoms with Gasteiger partial charge in [-0.05, 0) is 26.8 Å². The molecule has 1 aromatic rings. The monoisotopic (exact) mass is 239 g/mol. The van der Waals surface area contributed by atoms with Crippen molar-refractivity contribution in [3.05, 3.63) is 18.5 Å². The first-order valence-electron chi connectivity index (χ1n) is 6.01. The van der Waals surface area contributed by atoms with Gasteiger partial charge in [0, 0.05) is 24.5 Å². The first kappa shape index (κ1) is 13.7. The predicted octanol–water partition coefficient (Wildman–Crippen LogP) is 1.20. The number of nitrogens with zero attached hydrogens (tertiary/aromatic N) is 2. The van der Waals surface area contributed by atoms with Crippen molar-refractivity contribution in [2.45, 2.75) is 45.8 Å². The van der Waals surface area contributed by atoms with Gasteiger partial charge in [-0.15, -0.1) is 0 Å². The van der Waals surface area contributed by atoms with Gasteiger partial charge in [0.2, 0.25) is 0 Å². The van der Waals surface area contributed by atoms with Crippen LogP contribution in [-0.2, 0) is 16.1 Å². The van der Waals surface area contributed by atoms with Crippen LogP contribution < -0.4 is 5.32 Å². The summed E-state index contributed by atoms with van der Waals surface area (Å²) in [6.45, 7) is 7.10. The Morgan fingerprint density at radius 3 is 2.82 bits per heavy atom. The van der Waals surface area contributed by atoms with Crippen molar-refractivity contribution < 1.29 is 9.53 Å². The molecule has 0 amide bonds. The van der Waals surface area contributed by atoms with E-state index in [0.717, 1.165) is 6.54 Å². The van der Waals surface area contributed by atoms with Crippen molar-refractivity contribution in [2.75, 3.05) is 6.61 Å². The molecule has 0 aromatic carbocycles. The third kappa shape index (κ3) is 5.49. The average molecular weight is 239 g/mol. The lowest BCUT2D eigenvalue weighted by Crippen LogP contribution is -2.38. The van der Waals surface area contributed by atoms with Gasteiger partial charge in [0.05, 0.1) is 19.6 Å². The maximum atomic E-state index is 11.3. The highest BCUT2D eigenvalue weighted by atomic mass is 16.5. The molecule has 1 heterocycles. The number of hydrogen-bond acceptors (Lipinski definition) is 4. The van der Waals surface area contributed by atoms with Crippen LogP contribution in [-0.4, -0.2) is 34.4 Å². The van der Waals surface area contributed by atoms with Gasteiger partial charge in [-0.2, -0.15) is 5.10 Å². The summed E-state index contributed by atoms with van der Waals surface area (Å²) in [4.78, 5) is 11.3. The molecule has 17 heavy (non-hydrogen) atoms. The number of aromatic nitrogens is 2. The molecule has 0 bridgehead atoms. The molecule has 96 valence electrons. The Morgan fingerprint density at radius 2 is 2.24 bits per heavy atom. The standard InChI is InChI=1S/C12H21N3O2/c1-4-17-12(16)8-10(2)14-11(3)9-15-7-5-6-13-15/h5-7,10-11,14H,4,8-9H2,1-3H3. The molecular formula is C12H21N3O2. The van der Waals surface area contributed by atoms with Crippen molar-refractivity contribution in [3.8, 4) is 0 Å². The maximum Gasteiger partial charge on any atom is 0.307 e. The fraction of sp³-hybridized carbons (Fsp3) is 0.667. The van der Waals surface area contributed by atoms with E-state index in [9.17, 15) is 4.79 Å². The lowest BCUT2D eigenvalue weighted by atomic mass is 10.2. The molecule has 0 aliphatic heterocycles. The molecular weight excluding hydrogens is 218 g/mol. The van der Waals surface area contributed by atoms with E-state index in [1.165, 1.54) is 0 Å². The van der Waals surface area contributed by atoms with Crippen LogP contribution >= 0.6 is 0 Å². The van der Waals surface area contributed by atoms with Crippen molar-refractivity contribution in [1.82, 2.24) is 15.1 Å². The molecule has 0 aliphatic rings. The fourth-order valence-corrected chi connectivity index (χ4v) is 1.76. The van der Waals surface area contributed by atoms with Crippen LogP contribution in [0, 0.1) is 0 Å². The second kappa shape index (κ2) is 7.06. The molecule has 5 heteroatoms. The van der Waals surface area contributed by atoms with Crippen molar-refractivity contribution in [2.24, 2.45) is 0 Å². The summed E-state index contributed by atoms with van der Waals surface area (Å²) >= 11 is 0. The van der Waals surface area contributed by atoms with E-state index in [0.29, 0.717) is 13.0 Å². The zero-order chi connectivity index (χ0) is 12.7. The van der Waals surface area contributed by atoms with E-state index in [1.807, 2.05) is 30.8 Å². The Labute approximate surface area is 102 Å². The molecule has 1 rings (SSSR count). The van der Waals surface area contributed by atoms with Gasteiger partial charge in [0.1, 0.15) is 0 Å². The number of hydrogen-bond donors (Lipinski definition) is 1. The molecule has 5 nitrogen and oxygen atoms in total. The average Bonchev–Trinajstić information content (AvgIpc) is 2.69. The molecule has 0 radical (unpaired) electrons. The Kier molecular flexibility index (Phi) is 5.69. The van der Waals surface area contributed by atoms with Gasteiger partial charge in [-0.3, -0.25) is 9.48 Å². The van der Waals surface area contributed by atoms with E-state index in [4.69, 9.17) is 4.74 Å². The summed E-state index contributed by atoms with van der Waals surface area (Å²) in [6, 6.07) is 2.27. The first-order valence-corrected chi connectivity index (χ1v) is 6.01. The van der Waals surface area contributed by atoms with Crippen molar-refractivity contribution >= 4 is 5.97 Å². The van der Waals surface area contributed by atoms with E-state index in [2.05, 4.69) is 17.3 Å². The highest BCUT2D eigenvalue weighted by molar-refractivity contribution is 5.69. The smallest absolute Gasteiger partial charge is 0.307 e. The Bertz CT molecular complexity index is 325. The number of nitrogens with one attached hydrogen (secondary N) is 1. The minimum Gasteiger partial charge on any atom is -0.466 e. The summed E-state index contributed by atoms with van der Waals surface area (Å²) in [5.74, 6) is -0.154. The van der Waals surface area contributed by atoms with Crippen molar-refractivity contribution in [3.63, 3.8) is 0 Å². The summed E-state index contributed by atoms with van der Waals surface area (Å²) in [6.07, 6.45) is 4.08. The van der Waals surface area contributed by atoms with Crippen LogP contribution in [0.25, 0.3) is 0 Å². The van der Waals surface area contributed by atoms with Gasteiger partial charge in [-0.1, -0.05) is 0 Å². The number of ether oxygens (including phenoxy) is 1. The van der Waals surface area contributed by atoms with Crippen LogP contribution in [0.1, 0.15) is 27.2 Å². The van der Waals surface area contributed by atoms with Gasteiger partial charge in [0.25, 0.3) is 0 Å². The van der Waals surface area contributed by atoms with Crippen LogP contribution in [0.2, 0.25) is 0 Å². The van der Waals surface area contributed by atoms with E-state index in [-0.39, 0.29) is 18.1 Å². The normalized spacial score (nSPS) is 14.3. The third-order valence-corrected chi connectivity index (χ3v) is 2.37. The second-order valence-corrected chi connectivity index (χ2v) is 4.21. The lowest BCUT2D eigenvalue weighted by Gasteiger charge is -2.19. The zero-order valence-corrected chi connectivity index (χ0v) is 10.7. The second-order valence-electron chi connectivity index (χ2n) is 4.21. The number of carbonyl (C=O) groups excluding carboxylic acids is 1. The van der Waals surface area contributed by atoms with E-state index in [1.54, 1.807) is 6.20 Å². The van der Waals surface area contributed by atoms with E-state index >= 15 is 0 Å². The number of carbonyl (C=O) groups is 1. The van der Waals surface area contributed by atoms with Gasteiger partial charge >= 0.3 is 5.97 Å². The molecule has 2 unspecified atom stereocenters. The minimum atomic E-state index is -0.154. The Balaban J connectivity index is 2.25. The molecule has 0 saturated carbocycles. The Hall–Kier alpha value is -1.36. The molecule has 0 fully saturated rings. The molecule has 2 atom stereocenters. The zero-order valence-electron chi connectivity index (χ0n) is 10.7. The molecule has 0 spiro atoms. The molecule has 0 aliphatic carbocycles. The number of rotatable bonds is 7. The summed E-state index contributed by atoms with van der Waals surface area (Å²) in [5.41, 5.74) is 0. The maximum absolute atomic E-state index is 11.3. The van der Waals surface area contributed by atoms with Crippen LogP contribution in [0.3, 0.4) is 0 Å². The van der Waals surface area contributed by atoms with Crippen LogP contribution in [0.15, 0.2) is 18.5 Å². The summed E-state index contributed by atoms with van der Waals surface area (Å²) in [5, 5.41) is 7.48. The van der Waals surface area contributed by atoms with Gasteiger partial charge in [0.15, 0.2) is 0 Å². The summed E-state index contributed by atoms with van der Waals surface area (Å²) < 4.78 is 6.77. The quantitative estimate of drug-likeness (QED) is 0.726. The predicted molar refractivity (Wildman–Crippen MR) is 65.5 cm³/mol. The van der Waals surface area contributed by atoms with Gasteiger partial charge in [-0.25, -0.2) is 0 Å². The first-order chi connectivity index (χ1) is 8.11. The largest absolute Gasteiger partial charge is 0.466 e. The fourth-order valence-electron chi connectivity index (χ4n) is 1.76. The van der Waals surface area contributed by atoms with Gasteiger partial charge < -0.3 is 10.1 Å². The Morgan fingerprint density at radius 1 is 1.47 bits per heavy atom. The highest BCUT2D eigenvalue weighted by Gasteiger charge is 2.12. The molecule has 0 saturated heterocycles. The molecule has 1 aromatic heterocycles. The SMILES string of the molecule is CCOC(=O)CC(C)NC(C)Cn1cccn1. The minimum absolute atomic E-state index is 0.111. The number of esters is 1. The third-order valence-electron chi connectivity index (χ3n) is 2.37. The topological polar surface area (TPSA) is 56.1 Å². The molecule has 1 N–H and O–H groups in total. The highest BCUT2D eigenvalue weighted by Crippen LogP contribution is 1.98. The van der Waals surface area contributed by atoms with Crippen molar-refractivity contribution in [1.29, 1.82) is 0 Å². The van der Waals surface area contributed by atoms with Crippen LogP contribution in [0.4, 0.5) is 0 Å².